The number of aryl methyl sites for hydroxylation is 1. The van der Waals surface area contributed by atoms with Gasteiger partial charge in [0.2, 0.25) is 5.91 Å². The highest BCUT2D eigenvalue weighted by molar-refractivity contribution is 7.97. The molecule has 1 aromatic heterocycles. The molecule has 1 fully saturated rings. The first-order valence-corrected chi connectivity index (χ1v) is 11.4. The normalized spacial score (nSPS) is 15.8. The van der Waals surface area contributed by atoms with Crippen LogP contribution in [0.2, 0.25) is 10.0 Å². The van der Waals surface area contributed by atoms with E-state index >= 15 is 0 Å². The fraction of sp³-hybridized carbons (Fsp3) is 0.474. The van der Waals surface area contributed by atoms with E-state index in [-0.39, 0.29) is 18.4 Å². The van der Waals surface area contributed by atoms with Gasteiger partial charge in [-0.2, -0.15) is 0 Å². The van der Waals surface area contributed by atoms with E-state index in [2.05, 4.69) is 16.6 Å². The number of benzene rings is 1. The van der Waals surface area contributed by atoms with Crippen molar-refractivity contribution in [1.29, 1.82) is 0 Å². The summed E-state index contributed by atoms with van der Waals surface area (Å²) in [6, 6.07) is 2.59. The number of nitrogens with one attached hydrogen (secondary N) is 1. The van der Waals surface area contributed by atoms with Gasteiger partial charge < -0.3 is 20.7 Å². The molecule has 12 heteroatoms. The molecule has 1 aliphatic rings. The van der Waals surface area contributed by atoms with Crippen LogP contribution in [-0.4, -0.2) is 44.4 Å². The number of carbonyl (C=O) groups is 1. The first-order chi connectivity index (χ1) is 14.8. The third-order valence-corrected chi connectivity index (χ3v) is 6.94. The van der Waals surface area contributed by atoms with Gasteiger partial charge in [-0.15, -0.1) is 0 Å². The van der Waals surface area contributed by atoms with Crippen LogP contribution in [-0.2, 0) is 11.3 Å². The number of nitro groups is 1. The lowest BCUT2D eigenvalue weighted by Gasteiger charge is -2.33. The largest absolute Gasteiger partial charge is 0.434 e. The van der Waals surface area contributed by atoms with E-state index in [0.29, 0.717) is 46.1 Å². The molecule has 1 saturated heterocycles. The maximum Gasteiger partial charge on any atom is 0.434 e. The van der Waals surface area contributed by atoms with Crippen LogP contribution in [0.15, 0.2) is 29.4 Å². The zero-order valence-electron chi connectivity index (χ0n) is 17.0. The van der Waals surface area contributed by atoms with Gasteiger partial charge in [0, 0.05) is 30.2 Å². The number of anilines is 1. The molecule has 0 radical (unpaired) electrons. The minimum absolute atomic E-state index is 0.0502. The number of nitrogen functional groups attached to an aromatic ring is 1. The molecule has 9 nitrogen and oxygen atoms in total. The molecule has 1 aliphatic heterocycles. The molecule has 1 aromatic carbocycles. The topological polar surface area (TPSA) is 119 Å². The van der Waals surface area contributed by atoms with Crippen molar-refractivity contribution in [3.63, 3.8) is 0 Å². The number of nitrogens with two attached hydrogens (primary N) is 1. The molecule has 3 N–H and O–H groups in total. The fourth-order valence-corrected chi connectivity index (χ4v) is 4.85. The number of piperidine rings is 1. The van der Waals surface area contributed by atoms with Crippen molar-refractivity contribution in [3.8, 4) is 0 Å². The van der Waals surface area contributed by atoms with Gasteiger partial charge in [0.1, 0.15) is 12.4 Å². The molecule has 31 heavy (non-hydrogen) atoms. The molecule has 0 saturated carbocycles. The zero-order chi connectivity index (χ0) is 22.5. The summed E-state index contributed by atoms with van der Waals surface area (Å²) >= 11 is 13.4. The SMILES string of the molecule is CC1CCN(C(=O)C(CCn2ccnc2[N+](=O)[O-])NSc2c(N)cc(Cl)cc2Cl)CC1. The Hall–Kier alpha value is -2.01. The Balaban J connectivity index is 1.74. The van der Waals surface area contributed by atoms with Crippen LogP contribution in [0.1, 0.15) is 26.2 Å². The molecule has 0 bridgehead atoms. The summed E-state index contributed by atoms with van der Waals surface area (Å²) in [5.74, 6) is 0.285. The predicted octanol–water partition coefficient (Wildman–Crippen LogP) is 3.99. The van der Waals surface area contributed by atoms with Crippen molar-refractivity contribution < 1.29 is 9.72 Å². The summed E-state index contributed by atoms with van der Waals surface area (Å²) in [6.45, 7) is 3.82. The van der Waals surface area contributed by atoms with Crippen molar-refractivity contribution in [1.82, 2.24) is 19.2 Å². The number of likely N-dealkylation sites (tertiary alicyclic amines) is 1. The van der Waals surface area contributed by atoms with E-state index in [4.69, 9.17) is 28.9 Å². The van der Waals surface area contributed by atoms with Crippen LogP contribution in [0.5, 0.6) is 0 Å². The Morgan fingerprint density at radius 3 is 2.77 bits per heavy atom. The molecular weight excluding hydrogens is 463 g/mol. The summed E-state index contributed by atoms with van der Waals surface area (Å²) in [7, 11) is 0. The summed E-state index contributed by atoms with van der Waals surface area (Å²) in [6.07, 6.45) is 5.14. The van der Waals surface area contributed by atoms with Crippen LogP contribution < -0.4 is 10.5 Å². The summed E-state index contributed by atoms with van der Waals surface area (Å²) in [5, 5.41) is 11.9. The van der Waals surface area contributed by atoms with E-state index < -0.39 is 11.0 Å². The van der Waals surface area contributed by atoms with Crippen LogP contribution in [0.3, 0.4) is 0 Å². The number of halogens is 2. The first kappa shape index (κ1) is 23.6. The van der Waals surface area contributed by atoms with Gasteiger partial charge in [0.15, 0.2) is 0 Å². The quantitative estimate of drug-likeness (QED) is 0.250. The lowest BCUT2D eigenvalue weighted by molar-refractivity contribution is -0.396. The Kier molecular flexibility index (Phi) is 8.04. The second-order valence-corrected chi connectivity index (χ2v) is 9.24. The fourth-order valence-electron chi connectivity index (χ4n) is 3.42. The van der Waals surface area contributed by atoms with Crippen LogP contribution >= 0.6 is 35.1 Å². The average Bonchev–Trinajstić information content (AvgIpc) is 3.18. The Bertz CT molecular complexity index is 925. The highest BCUT2D eigenvalue weighted by Gasteiger charge is 2.28. The summed E-state index contributed by atoms with van der Waals surface area (Å²) in [4.78, 5) is 30.0. The average molecular weight is 487 g/mol. The monoisotopic (exact) mass is 486 g/mol. The third kappa shape index (κ3) is 6.03. The van der Waals surface area contributed by atoms with Crippen molar-refractivity contribution in [2.24, 2.45) is 5.92 Å². The Labute approximate surface area is 194 Å². The Morgan fingerprint density at radius 2 is 2.13 bits per heavy atom. The number of rotatable bonds is 8. The zero-order valence-corrected chi connectivity index (χ0v) is 19.3. The standard InChI is InChI=1S/C19H24Cl2N6O3S/c1-12-2-6-25(7-3-12)18(28)16(4-8-26-9-5-23-19(26)27(29)30)24-31-17-14(21)10-13(20)11-15(17)22/h5,9-12,16,24H,2-4,6-8,22H2,1H3. The molecule has 1 atom stereocenters. The van der Waals surface area contributed by atoms with Gasteiger partial charge in [-0.05, 0) is 47.8 Å². The van der Waals surface area contributed by atoms with Gasteiger partial charge >= 0.3 is 5.95 Å². The second kappa shape index (κ2) is 10.5. The molecule has 168 valence electrons. The number of aromatic nitrogens is 2. The number of imidazole rings is 1. The molecule has 1 amide bonds. The molecular formula is C19H24Cl2N6O3S. The molecule has 1 unspecified atom stereocenters. The number of amides is 1. The van der Waals surface area contributed by atoms with Crippen LogP contribution in [0, 0.1) is 16.0 Å². The Morgan fingerprint density at radius 1 is 1.42 bits per heavy atom. The maximum absolute atomic E-state index is 13.2. The lowest BCUT2D eigenvalue weighted by atomic mass is 9.98. The molecule has 2 aromatic rings. The van der Waals surface area contributed by atoms with E-state index in [1.807, 2.05) is 4.90 Å². The van der Waals surface area contributed by atoms with Gasteiger partial charge in [-0.25, -0.2) is 9.29 Å². The number of hydrogen-bond acceptors (Lipinski definition) is 7. The second-order valence-electron chi connectivity index (χ2n) is 7.55. The van der Waals surface area contributed by atoms with Gasteiger partial charge in [-0.3, -0.25) is 4.79 Å². The van der Waals surface area contributed by atoms with Gasteiger partial charge in [-0.1, -0.05) is 35.1 Å². The van der Waals surface area contributed by atoms with Gasteiger partial charge in [0.25, 0.3) is 0 Å². The minimum atomic E-state index is -0.591. The maximum atomic E-state index is 13.2. The minimum Gasteiger partial charge on any atom is -0.398 e. The smallest absolute Gasteiger partial charge is 0.398 e. The highest BCUT2D eigenvalue weighted by atomic mass is 35.5. The van der Waals surface area contributed by atoms with Crippen molar-refractivity contribution in [3.05, 3.63) is 44.7 Å². The van der Waals surface area contributed by atoms with Crippen LogP contribution in [0.4, 0.5) is 11.6 Å². The van der Waals surface area contributed by atoms with E-state index in [1.54, 1.807) is 12.1 Å². The molecule has 3 rings (SSSR count). The third-order valence-electron chi connectivity index (χ3n) is 5.25. The molecule has 0 aliphatic carbocycles. The first-order valence-electron chi connectivity index (χ1n) is 9.87. The predicted molar refractivity (Wildman–Crippen MR) is 122 cm³/mol. The van der Waals surface area contributed by atoms with Crippen molar-refractivity contribution in [2.75, 3.05) is 18.8 Å². The van der Waals surface area contributed by atoms with Gasteiger partial charge in [0.05, 0.1) is 22.5 Å². The van der Waals surface area contributed by atoms with E-state index in [1.165, 1.54) is 17.0 Å². The number of nitrogens with zero attached hydrogens (tertiary/aromatic N) is 4. The van der Waals surface area contributed by atoms with Crippen molar-refractivity contribution >= 4 is 52.7 Å². The number of hydrogen-bond donors (Lipinski definition) is 2. The molecule has 0 spiro atoms. The highest BCUT2D eigenvalue weighted by Crippen LogP contribution is 2.34. The van der Waals surface area contributed by atoms with Crippen molar-refractivity contribution in [2.45, 2.75) is 43.7 Å². The van der Waals surface area contributed by atoms with Crippen LogP contribution in [0.25, 0.3) is 0 Å². The number of carbonyl (C=O) groups excluding carboxylic acids is 1. The van der Waals surface area contributed by atoms with E-state index in [0.717, 1.165) is 24.8 Å². The van der Waals surface area contributed by atoms with E-state index in [9.17, 15) is 14.9 Å². The summed E-state index contributed by atoms with van der Waals surface area (Å²) in [5.41, 5.74) is 6.44. The lowest BCUT2D eigenvalue weighted by Crippen LogP contribution is -2.47. The molecule has 2 heterocycles. The summed E-state index contributed by atoms with van der Waals surface area (Å²) < 4.78 is 4.60.